The van der Waals surface area contributed by atoms with Crippen molar-refractivity contribution in [2.75, 3.05) is 5.32 Å². The fraction of sp³-hybridized carbons (Fsp3) is 0.375. The molecule has 3 heterocycles. The van der Waals surface area contributed by atoms with Crippen molar-refractivity contribution in [3.8, 4) is 5.82 Å². The number of amides is 1. The van der Waals surface area contributed by atoms with Gasteiger partial charge in [-0.1, -0.05) is 0 Å². The Morgan fingerprint density at radius 2 is 2.27 bits per heavy atom. The van der Waals surface area contributed by atoms with Gasteiger partial charge < -0.3 is 5.32 Å². The van der Waals surface area contributed by atoms with E-state index in [9.17, 15) is 13.6 Å². The summed E-state index contributed by atoms with van der Waals surface area (Å²) >= 11 is 0.875. The van der Waals surface area contributed by atoms with Crippen molar-refractivity contribution in [2.24, 2.45) is 0 Å². The molecule has 1 unspecified atom stereocenters. The Labute approximate surface area is 151 Å². The zero-order valence-corrected chi connectivity index (χ0v) is 14.6. The second kappa shape index (κ2) is 6.60. The molecular weight excluding hydrogens is 362 g/mol. The molecule has 0 bridgehead atoms. The number of anilines is 1. The van der Waals surface area contributed by atoms with Crippen LogP contribution in [0.1, 0.15) is 54.3 Å². The molecule has 3 aromatic rings. The minimum absolute atomic E-state index is 0.218. The minimum Gasteiger partial charge on any atom is -0.309 e. The molecule has 1 fully saturated rings. The van der Waals surface area contributed by atoms with Gasteiger partial charge in [-0.2, -0.15) is 10.2 Å². The molecular formula is C16H16F2N6OS. The first-order valence-electron chi connectivity index (χ1n) is 8.16. The van der Waals surface area contributed by atoms with E-state index < -0.39 is 12.3 Å². The molecule has 1 saturated carbocycles. The van der Waals surface area contributed by atoms with E-state index in [0.717, 1.165) is 29.9 Å². The van der Waals surface area contributed by atoms with Crippen molar-refractivity contribution >= 4 is 23.1 Å². The summed E-state index contributed by atoms with van der Waals surface area (Å²) in [6.07, 6.45) is 2.84. The number of alkyl halides is 2. The molecule has 0 aromatic carbocycles. The van der Waals surface area contributed by atoms with Crippen LogP contribution >= 0.6 is 11.3 Å². The predicted molar refractivity (Wildman–Crippen MR) is 91.8 cm³/mol. The number of aromatic nitrogens is 5. The number of halogens is 2. The molecule has 1 atom stereocenters. The second-order valence-electron chi connectivity index (χ2n) is 6.26. The van der Waals surface area contributed by atoms with Crippen LogP contribution in [0, 0.1) is 0 Å². The molecule has 1 aliphatic rings. The quantitative estimate of drug-likeness (QED) is 0.686. The Kier molecular flexibility index (Phi) is 4.27. The Morgan fingerprint density at radius 3 is 2.96 bits per heavy atom. The van der Waals surface area contributed by atoms with Gasteiger partial charge in [-0.3, -0.25) is 9.89 Å². The number of nitrogens with zero attached hydrogens (tertiary/aromatic N) is 4. The van der Waals surface area contributed by atoms with Crippen molar-refractivity contribution in [1.29, 1.82) is 0 Å². The first kappa shape index (κ1) is 16.8. The summed E-state index contributed by atoms with van der Waals surface area (Å²) in [7, 11) is 0. The Hall–Kier alpha value is -2.62. The highest BCUT2D eigenvalue weighted by atomic mass is 32.1. The fourth-order valence-corrected chi connectivity index (χ4v) is 3.20. The van der Waals surface area contributed by atoms with E-state index in [2.05, 4.69) is 25.6 Å². The van der Waals surface area contributed by atoms with Crippen LogP contribution in [0.3, 0.4) is 0 Å². The lowest BCUT2D eigenvalue weighted by Gasteiger charge is -2.08. The molecule has 1 amide bonds. The summed E-state index contributed by atoms with van der Waals surface area (Å²) in [5, 5.41) is 15.2. The number of carbonyl (C=O) groups excluding carboxylic acids is 1. The molecule has 3 aromatic heterocycles. The van der Waals surface area contributed by atoms with Crippen LogP contribution in [0.2, 0.25) is 0 Å². The van der Waals surface area contributed by atoms with Crippen LogP contribution < -0.4 is 5.32 Å². The highest BCUT2D eigenvalue weighted by Crippen LogP contribution is 2.39. The van der Waals surface area contributed by atoms with Crippen LogP contribution in [0.25, 0.3) is 5.82 Å². The molecule has 0 aliphatic heterocycles. The molecule has 0 saturated heterocycles. The van der Waals surface area contributed by atoms with E-state index in [-0.39, 0.29) is 10.9 Å². The second-order valence-corrected chi connectivity index (χ2v) is 7.15. The van der Waals surface area contributed by atoms with Gasteiger partial charge in [0.15, 0.2) is 16.6 Å². The summed E-state index contributed by atoms with van der Waals surface area (Å²) in [5.74, 6) is 0.644. The highest BCUT2D eigenvalue weighted by molar-refractivity contribution is 7.09. The number of nitrogens with one attached hydrogen (secondary N) is 2. The van der Waals surface area contributed by atoms with Gasteiger partial charge in [0.25, 0.3) is 6.43 Å². The fourth-order valence-electron chi connectivity index (χ4n) is 2.56. The third-order valence-corrected chi connectivity index (χ3v) is 5.13. The first-order valence-corrected chi connectivity index (χ1v) is 9.04. The van der Waals surface area contributed by atoms with Gasteiger partial charge in [0.05, 0.1) is 12.1 Å². The van der Waals surface area contributed by atoms with Gasteiger partial charge in [-0.05, 0) is 19.8 Å². The molecule has 4 rings (SSSR count). The van der Waals surface area contributed by atoms with Gasteiger partial charge in [0.2, 0.25) is 5.91 Å². The van der Waals surface area contributed by atoms with Crippen LogP contribution in [0.4, 0.5) is 14.6 Å². The molecule has 0 spiro atoms. The summed E-state index contributed by atoms with van der Waals surface area (Å²) in [5.41, 5.74) is 1.70. The number of hydrogen-bond acceptors (Lipinski definition) is 5. The van der Waals surface area contributed by atoms with E-state index >= 15 is 0 Å². The highest BCUT2D eigenvalue weighted by Gasteiger charge is 2.26. The largest absolute Gasteiger partial charge is 0.309 e. The number of H-pyrrole nitrogens is 1. The van der Waals surface area contributed by atoms with Gasteiger partial charge in [0, 0.05) is 34.8 Å². The van der Waals surface area contributed by atoms with Crippen LogP contribution in [0.5, 0.6) is 0 Å². The molecule has 26 heavy (non-hydrogen) atoms. The summed E-state index contributed by atoms with van der Waals surface area (Å²) < 4.78 is 26.7. The lowest BCUT2D eigenvalue weighted by Crippen LogP contribution is -2.18. The standard InChI is InChI=1S/C16H16F2N6OS/c1-8(15(25)20-12-4-11(22-23-12)9-2-3-9)10-5-19-24(6-10)13-7-26-16(21-13)14(17)18/h4-9,14H,2-3H2,1H3,(H2,20,22,23,25). The molecule has 2 N–H and O–H groups in total. The van der Waals surface area contributed by atoms with E-state index in [0.29, 0.717) is 23.1 Å². The molecule has 10 heteroatoms. The minimum atomic E-state index is -2.61. The van der Waals surface area contributed by atoms with E-state index in [1.54, 1.807) is 13.1 Å². The number of aromatic amines is 1. The molecule has 7 nitrogen and oxygen atoms in total. The molecule has 136 valence electrons. The smallest absolute Gasteiger partial charge is 0.289 e. The van der Waals surface area contributed by atoms with Crippen molar-refractivity contribution in [1.82, 2.24) is 25.0 Å². The Balaban J connectivity index is 1.44. The number of thiazole rings is 1. The summed E-state index contributed by atoms with van der Waals surface area (Å²) in [4.78, 5) is 16.3. The average Bonchev–Trinajstić information content (AvgIpc) is 3.06. The van der Waals surface area contributed by atoms with E-state index in [1.165, 1.54) is 16.3 Å². The first-order chi connectivity index (χ1) is 12.5. The van der Waals surface area contributed by atoms with Crippen LogP contribution in [-0.2, 0) is 4.79 Å². The maximum atomic E-state index is 12.7. The number of rotatable bonds is 6. The van der Waals surface area contributed by atoms with Gasteiger partial charge in [-0.25, -0.2) is 18.4 Å². The normalized spacial score (nSPS) is 15.4. The van der Waals surface area contributed by atoms with E-state index in [4.69, 9.17) is 0 Å². The monoisotopic (exact) mass is 378 g/mol. The Bertz CT molecular complexity index is 929. The SMILES string of the molecule is CC(C(=O)Nc1cc(C2CC2)[nH]n1)c1cnn(-c2csc(C(F)F)n2)c1. The van der Waals surface area contributed by atoms with Gasteiger partial charge in [0.1, 0.15) is 0 Å². The third kappa shape index (κ3) is 3.36. The predicted octanol–water partition coefficient (Wildman–Crippen LogP) is 3.61. The summed E-state index contributed by atoms with van der Waals surface area (Å²) in [6.45, 7) is 1.75. The van der Waals surface area contributed by atoms with Crippen molar-refractivity contribution in [3.63, 3.8) is 0 Å². The van der Waals surface area contributed by atoms with Gasteiger partial charge in [-0.15, -0.1) is 11.3 Å². The van der Waals surface area contributed by atoms with E-state index in [1.807, 2.05) is 6.07 Å². The van der Waals surface area contributed by atoms with Crippen molar-refractivity contribution < 1.29 is 13.6 Å². The zero-order valence-electron chi connectivity index (χ0n) is 13.8. The lowest BCUT2D eigenvalue weighted by atomic mass is 10.0. The number of carbonyl (C=O) groups is 1. The lowest BCUT2D eigenvalue weighted by molar-refractivity contribution is -0.117. The van der Waals surface area contributed by atoms with Gasteiger partial charge >= 0.3 is 0 Å². The molecule has 1 aliphatic carbocycles. The maximum absolute atomic E-state index is 12.7. The summed E-state index contributed by atoms with van der Waals surface area (Å²) in [6, 6.07) is 1.85. The van der Waals surface area contributed by atoms with Crippen molar-refractivity contribution in [3.05, 3.63) is 40.1 Å². The Morgan fingerprint density at radius 1 is 1.46 bits per heavy atom. The number of hydrogen-bond donors (Lipinski definition) is 2. The molecule has 0 radical (unpaired) electrons. The van der Waals surface area contributed by atoms with Crippen LogP contribution in [-0.4, -0.2) is 30.9 Å². The average molecular weight is 378 g/mol. The topological polar surface area (TPSA) is 88.5 Å². The third-order valence-electron chi connectivity index (χ3n) is 4.29. The zero-order chi connectivity index (χ0) is 18.3. The maximum Gasteiger partial charge on any atom is 0.289 e. The van der Waals surface area contributed by atoms with Crippen molar-refractivity contribution in [2.45, 2.75) is 38.0 Å². The van der Waals surface area contributed by atoms with Crippen LogP contribution in [0.15, 0.2) is 23.8 Å².